The lowest BCUT2D eigenvalue weighted by Gasteiger charge is -2.25. The Kier molecular flexibility index (Phi) is 4.84. The van der Waals surface area contributed by atoms with Gasteiger partial charge in [0.05, 0.1) is 42.6 Å². The average Bonchev–Trinajstić information content (AvgIpc) is 3.31. The number of morpholine rings is 1. The minimum absolute atomic E-state index is 0.308. The van der Waals surface area contributed by atoms with Gasteiger partial charge in [-0.3, -0.25) is 9.47 Å². The molecular formula is C21H24N6O3. The van der Waals surface area contributed by atoms with E-state index in [1.165, 1.54) is 0 Å². The van der Waals surface area contributed by atoms with E-state index in [0.717, 1.165) is 60.3 Å². The Bertz CT molecular complexity index is 1100. The van der Waals surface area contributed by atoms with Crippen molar-refractivity contribution in [3.63, 3.8) is 0 Å². The quantitative estimate of drug-likeness (QED) is 0.475. The van der Waals surface area contributed by atoms with Crippen molar-refractivity contribution in [2.24, 2.45) is 0 Å². The molecule has 3 aromatic rings. The molecule has 0 amide bonds. The van der Waals surface area contributed by atoms with E-state index in [1.807, 2.05) is 21.4 Å². The van der Waals surface area contributed by atoms with Gasteiger partial charge in [0, 0.05) is 26.1 Å². The number of esters is 1. The average molecular weight is 408 g/mol. The van der Waals surface area contributed by atoms with Gasteiger partial charge in [0.2, 0.25) is 0 Å². The number of fused-ring (bicyclic) bond motifs is 5. The van der Waals surface area contributed by atoms with Crippen LogP contribution in [0.1, 0.15) is 40.1 Å². The molecule has 9 heteroatoms. The van der Waals surface area contributed by atoms with Gasteiger partial charge >= 0.3 is 5.97 Å². The van der Waals surface area contributed by atoms with Crippen LogP contribution >= 0.6 is 0 Å². The third kappa shape index (κ3) is 3.20. The standard InChI is InChI=1S/C21H24N6O3/c1-3-30-21(28)20-19-11-17-15(12-25-6-8-29-9-7-25)23-24-27(17)18-10-14(2)4-5-16(18)26(19)13-22-20/h4-5,10,13H,3,6-9,11-12H2,1-2H3. The Morgan fingerprint density at radius 3 is 2.83 bits per heavy atom. The number of ether oxygens (including phenoxy) is 2. The molecule has 0 unspecified atom stereocenters. The Balaban J connectivity index is 1.63. The van der Waals surface area contributed by atoms with Crippen molar-refractivity contribution in [2.75, 3.05) is 32.9 Å². The lowest BCUT2D eigenvalue weighted by Crippen LogP contribution is -2.36. The topological polar surface area (TPSA) is 87.3 Å². The number of benzene rings is 1. The maximum absolute atomic E-state index is 12.5. The van der Waals surface area contributed by atoms with E-state index in [-0.39, 0.29) is 0 Å². The molecule has 1 aromatic carbocycles. The summed E-state index contributed by atoms with van der Waals surface area (Å²) < 4.78 is 14.6. The summed E-state index contributed by atoms with van der Waals surface area (Å²) in [6.07, 6.45) is 2.19. The molecule has 1 fully saturated rings. The minimum atomic E-state index is -0.407. The highest BCUT2D eigenvalue weighted by Gasteiger charge is 2.29. The summed E-state index contributed by atoms with van der Waals surface area (Å²) in [5.41, 5.74) is 5.99. The minimum Gasteiger partial charge on any atom is -0.461 e. The molecule has 0 atom stereocenters. The summed E-state index contributed by atoms with van der Waals surface area (Å²) >= 11 is 0. The predicted octanol–water partition coefficient (Wildman–Crippen LogP) is 1.67. The van der Waals surface area contributed by atoms with Crippen molar-refractivity contribution in [3.05, 3.63) is 52.9 Å². The first-order valence-electron chi connectivity index (χ1n) is 10.2. The van der Waals surface area contributed by atoms with Crippen LogP contribution in [0.15, 0.2) is 24.5 Å². The van der Waals surface area contributed by atoms with Crippen molar-refractivity contribution in [1.29, 1.82) is 0 Å². The van der Waals surface area contributed by atoms with Crippen LogP contribution in [0.5, 0.6) is 0 Å². The Labute approximate surface area is 174 Å². The first kappa shape index (κ1) is 19.0. The van der Waals surface area contributed by atoms with E-state index in [9.17, 15) is 4.79 Å². The number of nitrogens with zero attached hydrogens (tertiary/aromatic N) is 6. The van der Waals surface area contributed by atoms with Gasteiger partial charge in [-0.15, -0.1) is 5.10 Å². The molecule has 156 valence electrons. The van der Waals surface area contributed by atoms with Gasteiger partial charge in [0.15, 0.2) is 5.69 Å². The summed E-state index contributed by atoms with van der Waals surface area (Å²) in [5.74, 6) is -0.407. The third-order valence-corrected chi connectivity index (χ3v) is 5.61. The van der Waals surface area contributed by atoms with Crippen LogP contribution < -0.4 is 0 Å². The van der Waals surface area contributed by atoms with Crippen molar-refractivity contribution in [2.45, 2.75) is 26.8 Å². The first-order valence-corrected chi connectivity index (χ1v) is 10.2. The van der Waals surface area contributed by atoms with Gasteiger partial charge in [-0.2, -0.15) is 0 Å². The van der Waals surface area contributed by atoms with Crippen molar-refractivity contribution in [3.8, 4) is 11.4 Å². The van der Waals surface area contributed by atoms with E-state index in [2.05, 4.69) is 33.2 Å². The zero-order chi connectivity index (χ0) is 20.7. The number of hydrogen-bond donors (Lipinski definition) is 0. The molecule has 0 saturated carbocycles. The maximum Gasteiger partial charge on any atom is 0.358 e. The van der Waals surface area contributed by atoms with E-state index < -0.39 is 5.97 Å². The fraction of sp³-hybridized carbons (Fsp3) is 0.429. The van der Waals surface area contributed by atoms with Crippen molar-refractivity contribution < 1.29 is 14.3 Å². The molecule has 4 heterocycles. The fourth-order valence-electron chi connectivity index (χ4n) is 4.08. The highest BCUT2D eigenvalue weighted by atomic mass is 16.5. The van der Waals surface area contributed by atoms with Crippen LogP contribution in [0.3, 0.4) is 0 Å². The molecule has 0 bridgehead atoms. The van der Waals surface area contributed by atoms with Gasteiger partial charge in [0.25, 0.3) is 0 Å². The Morgan fingerprint density at radius 2 is 2.03 bits per heavy atom. The number of hydrogen-bond acceptors (Lipinski definition) is 7. The highest BCUT2D eigenvalue weighted by Crippen LogP contribution is 2.31. The van der Waals surface area contributed by atoms with Gasteiger partial charge in [-0.25, -0.2) is 14.5 Å². The summed E-state index contributed by atoms with van der Waals surface area (Å²) in [4.78, 5) is 19.3. The largest absolute Gasteiger partial charge is 0.461 e. The summed E-state index contributed by atoms with van der Waals surface area (Å²) in [5, 5.41) is 9.01. The molecule has 2 aromatic heterocycles. The van der Waals surface area contributed by atoms with Crippen LogP contribution in [0, 0.1) is 6.92 Å². The monoisotopic (exact) mass is 408 g/mol. The fourth-order valence-corrected chi connectivity index (χ4v) is 4.08. The molecule has 1 saturated heterocycles. The first-order chi connectivity index (χ1) is 14.7. The molecule has 0 aliphatic carbocycles. The molecule has 2 aliphatic heterocycles. The van der Waals surface area contributed by atoms with E-state index in [0.29, 0.717) is 25.3 Å². The van der Waals surface area contributed by atoms with Gasteiger partial charge in [-0.05, 0) is 31.5 Å². The molecule has 0 N–H and O–H groups in total. The molecule has 2 aliphatic rings. The van der Waals surface area contributed by atoms with E-state index >= 15 is 0 Å². The van der Waals surface area contributed by atoms with Crippen LogP contribution in [0.2, 0.25) is 0 Å². The van der Waals surface area contributed by atoms with Crippen LogP contribution in [-0.4, -0.2) is 68.3 Å². The summed E-state index contributed by atoms with van der Waals surface area (Å²) in [6.45, 7) is 8.05. The van der Waals surface area contributed by atoms with Gasteiger partial charge in [0.1, 0.15) is 12.0 Å². The number of carbonyl (C=O) groups excluding carboxylic acids is 1. The Hall–Kier alpha value is -3.04. The molecule has 0 spiro atoms. The number of imidazole rings is 1. The number of aromatic nitrogens is 5. The second-order valence-electron chi connectivity index (χ2n) is 7.58. The predicted molar refractivity (Wildman–Crippen MR) is 108 cm³/mol. The summed E-state index contributed by atoms with van der Waals surface area (Å²) in [7, 11) is 0. The second kappa shape index (κ2) is 7.66. The smallest absolute Gasteiger partial charge is 0.358 e. The SMILES string of the molecule is CCOC(=O)c1ncn2c1Cc1c(CN3CCOCC3)nnn1-c1cc(C)ccc1-2. The zero-order valence-corrected chi connectivity index (χ0v) is 17.2. The summed E-state index contributed by atoms with van der Waals surface area (Å²) in [6, 6.07) is 6.16. The third-order valence-electron chi connectivity index (χ3n) is 5.61. The van der Waals surface area contributed by atoms with E-state index in [4.69, 9.17) is 9.47 Å². The van der Waals surface area contributed by atoms with Crippen LogP contribution in [0.4, 0.5) is 0 Å². The number of aryl methyl sites for hydroxylation is 1. The van der Waals surface area contributed by atoms with Crippen LogP contribution in [-0.2, 0) is 22.4 Å². The lowest BCUT2D eigenvalue weighted by atomic mass is 10.1. The van der Waals surface area contributed by atoms with Crippen LogP contribution in [0.25, 0.3) is 11.4 Å². The normalized spacial score (nSPS) is 15.8. The van der Waals surface area contributed by atoms with Gasteiger partial charge < -0.3 is 9.47 Å². The molecule has 0 radical (unpaired) electrons. The molecular weight excluding hydrogens is 384 g/mol. The number of carbonyl (C=O) groups is 1. The Morgan fingerprint density at radius 1 is 1.20 bits per heavy atom. The van der Waals surface area contributed by atoms with E-state index in [1.54, 1.807) is 13.3 Å². The molecule has 9 nitrogen and oxygen atoms in total. The number of rotatable bonds is 4. The zero-order valence-electron chi connectivity index (χ0n) is 17.2. The highest BCUT2D eigenvalue weighted by molar-refractivity contribution is 5.89. The van der Waals surface area contributed by atoms with Crippen molar-refractivity contribution >= 4 is 5.97 Å². The van der Waals surface area contributed by atoms with Crippen molar-refractivity contribution in [1.82, 2.24) is 29.4 Å². The second-order valence-corrected chi connectivity index (χ2v) is 7.58. The molecule has 30 heavy (non-hydrogen) atoms. The lowest BCUT2D eigenvalue weighted by molar-refractivity contribution is 0.0335. The molecule has 5 rings (SSSR count). The maximum atomic E-state index is 12.5. The van der Waals surface area contributed by atoms with Gasteiger partial charge in [-0.1, -0.05) is 11.3 Å².